The molecule has 0 N–H and O–H groups in total. The van der Waals surface area contributed by atoms with Gasteiger partial charge >= 0.3 is 0 Å². The van der Waals surface area contributed by atoms with Gasteiger partial charge < -0.3 is 0 Å². The molecule has 0 spiro atoms. The standard InChI is InChI=1S/C25H28OS2/c1-5-25(20-16-12-9-13-17-20)23(27-6-2)21(18(4)26)22(24(25)28-7-3)19-14-10-8-11-15-19/h8-17H,5-7H2,1-4H3. The molecule has 1 aliphatic carbocycles. The second-order valence-corrected chi connectivity index (χ2v) is 9.37. The molecule has 0 aromatic heterocycles. The molecule has 2 aromatic rings. The molecular formula is C25H28OS2. The van der Waals surface area contributed by atoms with Crippen LogP contribution in [0.1, 0.15) is 45.2 Å². The largest absolute Gasteiger partial charge is 0.294 e. The first-order valence-corrected chi connectivity index (χ1v) is 12.0. The number of carbonyl (C=O) groups excluding carboxylic acids is 1. The van der Waals surface area contributed by atoms with Crippen molar-refractivity contribution in [1.29, 1.82) is 0 Å². The van der Waals surface area contributed by atoms with Crippen LogP contribution in [0.3, 0.4) is 0 Å². The molecule has 0 bridgehead atoms. The number of hydrogen-bond donors (Lipinski definition) is 0. The van der Waals surface area contributed by atoms with Crippen LogP contribution in [0.5, 0.6) is 0 Å². The minimum absolute atomic E-state index is 0.162. The fourth-order valence-electron chi connectivity index (χ4n) is 4.16. The van der Waals surface area contributed by atoms with Crippen LogP contribution in [0.15, 0.2) is 76.0 Å². The molecule has 1 aliphatic rings. The Morgan fingerprint density at radius 1 is 0.821 bits per heavy atom. The first-order chi connectivity index (χ1) is 13.6. The molecule has 1 nitrogen and oxygen atoms in total. The van der Waals surface area contributed by atoms with Gasteiger partial charge in [-0.05, 0) is 36.0 Å². The number of Topliss-reactive ketones (excluding diaryl/α,β-unsaturated/α-hetero) is 1. The predicted octanol–water partition coefficient (Wildman–Crippen LogP) is 7.11. The van der Waals surface area contributed by atoms with Crippen molar-refractivity contribution in [1.82, 2.24) is 0 Å². The summed E-state index contributed by atoms with van der Waals surface area (Å²) in [6.07, 6.45) is 0.939. The number of rotatable bonds is 8. The van der Waals surface area contributed by atoms with Crippen LogP contribution in [0.4, 0.5) is 0 Å². The van der Waals surface area contributed by atoms with Crippen molar-refractivity contribution in [3.8, 4) is 0 Å². The summed E-state index contributed by atoms with van der Waals surface area (Å²) in [6.45, 7) is 8.35. The average Bonchev–Trinajstić information content (AvgIpc) is 3.00. The van der Waals surface area contributed by atoms with Crippen LogP contribution in [0.2, 0.25) is 0 Å². The third-order valence-corrected chi connectivity index (χ3v) is 7.53. The second kappa shape index (κ2) is 9.19. The van der Waals surface area contributed by atoms with Crippen molar-refractivity contribution >= 4 is 34.9 Å². The summed E-state index contributed by atoms with van der Waals surface area (Å²) in [4.78, 5) is 15.5. The quantitative estimate of drug-likeness (QED) is 0.463. The molecule has 0 saturated heterocycles. The van der Waals surface area contributed by atoms with Crippen molar-refractivity contribution < 1.29 is 4.79 Å². The molecule has 3 rings (SSSR count). The van der Waals surface area contributed by atoms with E-state index in [1.54, 1.807) is 6.92 Å². The minimum Gasteiger partial charge on any atom is -0.294 e. The maximum atomic E-state index is 13.0. The van der Waals surface area contributed by atoms with Crippen LogP contribution in [0, 0.1) is 0 Å². The van der Waals surface area contributed by atoms with Crippen LogP contribution in [-0.4, -0.2) is 17.3 Å². The molecule has 3 heteroatoms. The molecule has 28 heavy (non-hydrogen) atoms. The van der Waals surface area contributed by atoms with Gasteiger partial charge in [0.15, 0.2) is 5.78 Å². The van der Waals surface area contributed by atoms with Gasteiger partial charge in [0, 0.05) is 21.0 Å². The monoisotopic (exact) mass is 408 g/mol. The van der Waals surface area contributed by atoms with E-state index in [9.17, 15) is 4.79 Å². The topological polar surface area (TPSA) is 17.1 Å². The van der Waals surface area contributed by atoms with Gasteiger partial charge in [0.05, 0.1) is 5.41 Å². The van der Waals surface area contributed by atoms with E-state index in [1.807, 2.05) is 29.6 Å². The first-order valence-electron chi connectivity index (χ1n) is 9.99. The van der Waals surface area contributed by atoms with Gasteiger partial charge in [-0.3, -0.25) is 4.79 Å². The Kier molecular flexibility index (Phi) is 6.90. The molecule has 1 unspecified atom stereocenters. The Labute approximate surface area is 177 Å². The van der Waals surface area contributed by atoms with E-state index in [0.29, 0.717) is 0 Å². The summed E-state index contributed by atoms with van der Waals surface area (Å²) in [5.41, 5.74) is 4.24. The second-order valence-electron chi connectivity index (χ2n) is 6.82. The molecule has 0 heterocycles. The molecule has 1 atom stereocenters. The SMILES string of the molecule is CCSC1=C(C(C)=O)C(c2ccccc2)=C(SCC)C1(CC)c1ccccc1. The molecular weight excluding hydrogens is 380 g/mol. The summed E-state index contributed by atoms with van der Waals surface area (Å²) in [5.74, 6) is 2.10. The molecule has 2 aromatic carbocycles. The fraction of sp³-hybridized carbons (Fsp3) is 0.320. The average molecular weight is 409 g/mol. The summed E-state index contributed by atoms with van der Waals surface area (Å²) in [6, 6.07) is 21.2. The summed E-state index contributed by atoms with van der Waals surface area (Å²) in [5, 5.41) is 0. The van der Waals surface area contributed by atoms with Gasteiger partial charge in [-0.2, -0.15) is 0 Å². The number of ketones is 1. The van der Waals surface area contributed by atoms with E-state index >= 15 is 0 Å². The maximum absolute atomic E-state index is 13.0. The molecule has 0 saturated carbocycles. The number of hydrogen-bond acceptors (Lipinski definition) is 3. The van der Waals surface area contributed by atoms with Gasteiger partial charge in [-0.1, -0.05) is 81.4 Å². The van der Waals surface area contributed by atoms with Crippen molar-refractivity contribution in [3.05, 3.63) is 87.2 Å². The normalized spacial score (nSPS) is 19.4. The van der Waals surface area contributed by atoms with Gasteiger partial charge in [0.2, 0.25) is 0 Å². The van der Waals surface area contributed by atoms with Crippen LogP contribution >= 0.6 is 23.5 Å². The van der Waals surface area contributed by atoms with Gasteiger partial charge in [-0.15, -0.1) is 23.5 Å². The van der Waals surface area contributed by atoms with Crippen molar-refractivity contribution in [2.45, 2.75) is 39.5 Å². The highest BCUT2D eigenvalue weighted by atomic mass is 32.2. The highest BCUT2D eigenvalue weighted by molar-refractivity contribution is 8.04. The highest BCUT2D eigenvalue weighted by Gasteiger charge is 2.48. The van der Waals surface area contributed by atoms with Crippen molar-refractivity contribution in [2.24, 2.45) is 0 Å². The highest BCUT2D eigenvalue weighted by Crippen LogP contribution is 2.60. The molecule has 0 fully saturated rings. The maximum Gasteiger partial charge on any atom is 0.161 e. The predicted molar refractivity (Wildman–Crippen MR) is 126 cm³/mol. The number of thioether (sulfide) groups is 2. The van der Waals surface area contributed by atoms with E-state index in [-0.39, 0.29) is 11.2 Å². The van der Waals surface area contributed by atoms with Crippen LogP contribution in [-0.2, 0) is 10.2 Å². The Balaban J connectivity index is 2.43. The number of benzene rings is 2. The van der Waals surface area contributed by atoms with E-state index in [1.165, 1.54) is 15.4 Å². The lowest BCUT2D eigenvalue weighted by molar-refractivity contribution is -0.113. The molecule has 0 aliphatic heterocycles. The molecule has 0 amide bonds. The zero-order valence-electron chi connectivity index (χ0n) is 17.1. The van der Waals surface area contributed by atoms with Crippen molar-refractivity contribution in [2.75, 3.05) is 11.5 Å². The lowest BCUT2D eigenvalue weighted by Gasteiger charge is -2.35. The first kappa shape index (κ1) is 21.0. The van der Waals surface area contributed by atoms with Crippen LogP contribution < -0.4 is 0 Å². The smallest absolute Gasteiger partial charge is 0.161 e. The van der Waals surface area contributed by atoms with E-state index < -0.39 is 0 Å². The third-order valence-electron chi connectivity index (χ3n) is 5.27. The lowest BCUT2D eigenvalue weighted by atomic mass is 9.78. The van der Waals surface area contributed by atoms with Gasteiger partial charge in [0.25, 0.3) is 0 Å². The number of carbonyl (C=O) groups is 1. The minimum atomic E-state index is -0.241. The zero-order chi connectivity index (χ0) is 20.1. The van der Waals surface area contributed by atoms with E-state index in [4.69, 9.17) is 0 Å². The Morgan fingerprint density at radius 3 is 1.86 bits per heavy atom. The summed E-state index contributed by atoms with van der Waals surface area (Å²) >= 11 is 3.72. The third kappa shape index (κ3) is 3.51. The van der Waals surface area contributed by atoms with Gasteiger partial charge in [-0.25, -0.2) is 0 Å². The molecule has 0 radical (unpaired) electrons. The van der Waals surface area contributed by atoms with E-state index in [2.05, 4.69) is 75.4 Å². The van der Waals surface area contributed by atoms with Crippen LogP contribution in [0.25, 0.3) is 5.57 Å². The summed E-state index contributed by atoms with van der Waals surface area (Å²) < 4.78 is 0. The Hall–Kier alpha value is -1.71. The van der Waals surface area contributed by atoms with E-state index in [0.717, 1.165) is 34.6 Å². The Bertz CT molecular complexity index is 897. The number of allylic oxidation sites excluding steroid dienone is 4. The molecule has 146 valence electrons. The van der Waals surface area contributed by atoms with Crippen molar-refractivity contribution in [3.63, 3.8) is 0 Å². The lowest BCUT2D eigenvalue weighted by Crippen LogP contribution is -2.27. The zero-order valence-corrected chi connectivity index (χ0v) is 18.8. The van der Waals surface area contributed by atoms with Gasteiger partial charge in [0.1, 0.15) is 0 Å². The Morgan fingerprint density at radius 2 is 1.36 bits per heavy atom. The fourth-order valence-corrected chi connectivity index (χ4v) is 6.78. The summed E-state index contributed by atoms with van der Waals surface area (Å²) in [7, 11) is 0.